The van der Waals surface area contributed by atoms with Gasteiger partial charge in [0, 0.05) is 54.0 Å². The number of likely N-dealkylation sites (tertiary alicyclic amines) is 1. The zero-order chi connectivity index (χ0) is 25.4. The summed E-state index contributed by atoms with van der Waals surface area (Å²) in [5.74, 6) is 0.528. The van der Waals surface area contributed by atoms with Crippen molar-refractivity contribution in [2.75, 3.05) is 20.2 Å². The second-order valence-corrected chi connectivity index (χ2v) is 10.9. The van der Waals surface area contributed by atoms with Gasteiger partial charge in [-0.1, -0.05) is 6.58 Å². The van der Waals surface area contributed by atoms with E-state index < -0.39 is 10.0 Å². The maximum atomic E-state index is 12.9. The van der Waals surface area contributed by atoms with E-state index in [2.05, 4.69) is 27.6 Å². The fourth-order valence-electron chi connectivity index (χ4n) is 4.97. The standard InChI is InChI=1S/C24H27N7O4S/c1-3-36(33,34)28-20-8-16(9-20)24(32)29-6-4-21(5-7-29)30-15-19(13-26-30)17-10-22(35-2)23-18(11-25)12-27-31(23)14-17/h3,10,12-16,20-21,28H,1,4-9H2,2H3. The number of piperidine rings is 1. The third-order valence-corrected chi connectivity index (χ3v) is 8.14. The fraction of sp³-hybridized carbons (Fsp3) is 0.417. The Labute approximate surface area is 209 Å². The van der Waals surface area contributed by atoms with Crippen LogP contribution in [-0.4, -0.2) is 64.9 Å². The molecule has 36 heavy (non-hydrogen) atoms. The largest absolute Gasteiger partial charge is 0.494 e. The van der Waals surface area contributed by atoms with Crippen LogP contribution in [0.5, 0.6) is 5.75 Å². The van der Waals surface area contributed by atoms with E-state index in [-0.39, 0.29) is 23.9 Å². The molecule has 0 spiro atoms. The first-order valence-corrected chi connectivity index (χ1v) is 13.3. The van der Waals surface area contributed by atoms with Crippen LogP contribution in [-0.2, 0) is 14.8 Å². The molecule has 1 saturated heterocycles. The average molecular weight is 510 g/mol. The number of hydrogen-bond acceptors (Lipinski definition) is 7. The zero-order valence-corrected chi connectivity index (χ0v) is 20.7. The molecule has 2 fully saturated rings. The molecular weight excluding hydrogens is 482 g/mol. The number of carbonyl (C=O) groups is 1. The van der Waals surface area contributed by atoms with Crippen LogP contribution in [0.1, 0.15) is 37.3 Å². The Hall–Kier alpha value is -3.69. The van der Waals surface area contributed by atoms with Gasteiger partial charge in [-0.15, -0.1) is 0 Å². The van der Waals surface area contributed by atoms with E-state index in [0.29, 0.717) is 42.8 Å². The van der Waals surface area contributed by atoms with Gasteiger partial charge in [-0.2, -0.15) is 15.5 Å². The minimum atomic E-state index is -3.47. The Bertz CT molecular complexity index is 1460. The smallest absolute Gasteiger partial charge is 0.233 e. The number of rotatable bonds is 7. The first kappa shape index (κ1) is 24.0. The van der Waals surface area contributed by atoms with Crippen LogP contribution < -0.4 is 9.46 Å². The number of ether oxygens (including phenoxy) is 1. The lowest BCUT2D eigenvalue weighted by atomic mass is 9.79. The van der Waals surface area contributed by atoms with Crippen LogP contribution in [0.15, 0.2) is 42.8 Å². The quantitative estimate of drug-likeness (QED) is 0.515. The Morgan fingerprint density at radius 1 is 1.22 bits per heavy atom. The lowest BCUT2D eigenvalue weighted by molar-refractivity contribution is -0.140. The predicted molar refractivity (Wildman–Crippen MR) is 131 cm³/mol. The number of aromatic nitrogens is 4. The van der Waals surface area contributed by atoms with Gasteiger partial charge in [0.15, 0.2) is 0 Å². The molecule has 0 aromatic carbocycles. The van der Waals surface area contributed by atoms with Gasteiger partial charge in [-0.3, -0.25) is 9.48 Å². The van der Waals surface area contributed by atoms with Crippen LogP contribution in [0.4, 0.5) is 0 Å². The average Bonchev–Trinajstić information content (AvgIpc) is 3.52. The van der Waals surface area contributed by atoms with Crippen LogP contribution in [0.2, 0.25) is 0 Å². The molecule has 0 atom stereocenters. The number of nitrogens with zero attached hydrogens (tertiary/aromatic N) is 6. The fourth-order valence-corrected chi connectivity index (χ4v) is 5.72. The van der Waals surface area contributed by atoms with Gasteiger partial charge in [0.05, 0.1) is 25.5 Å². The van der Waals surface area contributed by atoms with Gasteiger partial charge in [-0.05, 0) is 31.7 Å². The maximum absolute atomic E-state index is 12.9. The molecule has 1 saturated carbocycles. The van der Waals surface area contributed by atoms with E-state index in [9.17, 15) is 18.5 Å². The van der Waals surface area contributed by atoms with Crippen molar-refractivity contribution in [3.05, 3.63) is 48.4 Å². The molecule has 12 heteroatoms. The zero-order valence-electron chi connectivity index (χ0n) is 19.9. The molecule has 2 aliphatic rings. The van der Waals surface area contributed by atoms with Gasteiger partial charge in [0.2, 0.25) is 15.9 Å². The number of nitriles is 1. The lowest BCUT2D eigenvalue weighted by Gasteiger charge is -2.40. The van der Waals surface area contributed by atoms with Crippen molar-refractivity contribution in [1.82, 2.24) is 29.0 Å². The maximum Gasteiger partial charge on any atom is 0.233 e. The molecule has 3 aromatic rings. The normalized spacial score (nSPS) is 20.6. The summed E-state index contributed by atoms with van der Waals surface area (Å²) < 4.78 is 34.8. The summed E-state index contributed by atoms with van der Waals surface area (Å²) in [6, 6.07) is 3.98. The highest BCUT2D eigenvalue weighted by Gasteiger charge is 2.39. The Morgan fingerprint density at radius 3 is 2.64 bits per heavy atom. The molecule has 1 aliphatic heterocycles. The van der Waals surface area contributed by atoms with E-state index in [1.807, 2.05) is 28.0 Å². The predicted octanol–water partition coefficient (Wildman–Crippen LogP) is 2.08. The molecule has 0 bridgehead atoms. The molecule has 11 nitrogen and oxygen atoms in total. The number of methoxy groups -OCH3 is 1. The number of hydrogen-bond donors (Lipinski definition) is 1. The van der Waals surface area contributed by atoms with Gasteiger partial charge < -0.3 is 9.64 Å². The van der Waals surface area contributed by atoms with Crippen molar-refractivity contribution in [3.63, 3.8) is 0 Å². The van der Waals surface area contributed by atoms with E-state index in [4.69, 9.17) is 4.74 Å². The summed E-state index contributed by atoms with van der Waals surface area (Å²) in [6.07, 6.45) is 9.78. The summed E-state index contributed by atoms with van der Waals surface area (Å²) in [4.78, 5) is 14.7. The van der Waals surface area contributed by atoms with E-state index in [1.54, 1.807) is 17.8 Å². The van der Waals surface area contributed by atoms with E-state index in [0.717, 1.165) is 29.4 Å². The van der Waals surface area contributed by atoms with Crippen molar-refractivity contribution in [3.8, 4) is 22.9 Å². The van der Waals surface area contributed by atoms with Crippen LogP contribution >= 0.6 is 0 Å². The monoisotopic (exact) mass is 509 g/mol. The van der Waals surface area contributed by atoms with E-state index >= 15 is 0 Å². The second kappa shape index (κ2) is 9.40. The number of pyridine rings is 1. The number of fused-ring (bicyclic) bond motifs is 1. The molecule has 5 rings (SSSR count). The summed E-state index contributed by atoms with van der Waals surface area (Å²) in [7, 11) is -1.91. The lowest BCUT2D eigenvalue weighted by Crippen LogP contribution is -2.51. The molecular formula is C24H27N7O4S. The van der Waals surface area contributed by atoms with E-state index in [1.165, 1.54) is 6.20 Å². The van der Waals surface area contributed by atoms with Crippen LogP contribution in [0, 0.1) is 17.2 Å². The van der Waals surface area contributed by atoms with Gasteiger partial charge in [-0.25, -0.2) is 17.7 Å². The summed E-state index contributed by atoms with van der Waals surface area (Å²) in [5.41, 5.74) is 2.86. The number of carbonyl (C=O) groups excluding carboxylic acids is 1. The molecule has 3 aromatic heterocycles. The second-order valence-electron chi connectivity index (χ2n) is 9.22. The molecule has 1 amide bonds. The number of sulfonamides is 1. The van der Waals surface area contributed by atoms with Crippen molar-refractivity contribution in [2.45, 2.75) is 37.8 Å². The van der Waals surface area contributed by atoms with Crippen molar-refractivity contribution in [1.29, 1.82) is 5.26 Å². The molecule has 188 valence electrons. The van der Waals surface area contributed by atoms with Crippen LogP contribution in [0.25, 0.3) is 16.6 Å². The summed E-state index contributed by atoms with van der Waals surface area (Å²) >= 11 is 0. The number of nitrogens with one attached hydrogen (secondary N) is 1. The van der Waals surface area contributed by atoms with Crippen molar-refractivity contribution >= 4 is 21.4 Å². The first-order valence-electron chi connectivity index (χ1n) is 11.8. The Kier molecular flexibility index (Phi) is 6.27. The molecule has 4 heterocycles. The highest BCUT2D eigenvalue weighted by Crippen LogP contribution is 2.33. The highest BCUT2D eigenvalue weighted by atomic mass is 32.2. The summed E-state index contributed by atoms with van der Waals surface area (Å²) in [5, 5.41) is 19.1. The highest BCUT2D eigenvalue weighted by molar-refractivity contribution is 7.92. The molecule has 0 radical (unpaired) electrons. The first-order chi connectivity index (χ1) is 17.3. The SMILES string of the molecule is C=CS(=O)(=O)NC1CC(C(=O)N2CCC(n3cc(-c4cc(OC)c5c(C#N)cnn5c4)cn3)CC2)C1. The minimum absolute atomic E-state index is 0.0972. The third-order valence-electron chi connectivity index (χ3n) is 7.04. The van der Waals surface area contributed by atoms with Crippen molar-refractivity contribution < 1.29 is 17.9 Å². The number of amides is 1. The minimum Gasteiger partial charge on any atom is -0.494 e. The molecule has 1 aliphatic carbocycles. The van der Waals surface area contributed by atoms with Crippen molar-refractivity contribution in [2.24, 2.45) is 5.92 Å². The van der Waals surface area contributed by atoms with Gasteiger partial charge in [0.25, 0.3) is 0 Å². The van der Waals surface area contributed by atoms with Crippen LogP contribution in [0.3, 0.4) is 0 Å². The van der Waals surface area contributed by atoms with Gasteiger partial charge >= 0.3 is 0 Å². The summed E-state index contributed by atoms with van der Waals surface area (Å²) in [6.45, 7) is 4.58. The third kappa shape index (κ3) is 4.47. The Balaban J connectivity index is 1.20. The topological polar surface area (TPSA) is 135 Å². The van der Waals surface area contributed by atoms with Gasteiger partial charge in [0.1, 0.15) is 22.9 Å². The molecule has 1 N–H and O–H groups in total. The molecule has 0 unspecified atom stereocenters. The Morgan fingerprint density at radius 2 is 1.97 bits per heavy atom.